The Morgan fingerprint density at radius 3 is 2.59 bits per heavy atom. The van der Waals surface area contributed by atoms with E-state index in [0.717, 1.165) is 42.9 Å². The van der Waals surface area contributed by atoms with Gasteiger partial charge in [0.05, 0.1) is 5.75 Å². The number of aryl methyl sites for hydroxylation is 2. The molecule has 0 radical (unpaired) electrons. The van der Waals surface area contributed by atoms with Crippen LogP contribution >= 0.6 is 11.8 Å². The van der Waals surface area contributed by atoms with Crippen LogP contribution in [0.15, 0.2) is 34.2 Å². The van der Waals surface area contributed by atoms with Crippen LogP contribution in [0.25, 0.3) is 0 Å². The quantitative estimate of drug-likeness (QED) is 0.507. The Hall–Kier alpha value is -2.28. The van der Waals surface area contributed by atoms with E-state index in [1.165, 1.54) is 23.5 Å². The van der Waals surface area contributed by atoms with E-state index in [-0.39, 0.29) is 17.2 Å². The second-order valence-electron chi connectivity index (χ2n) is 6.30. The van der Waals surface area contributed by atoms with Crippen LogP contribution in [0.4, 0.5) is 11.4 Å². The molecular weight excluding hydrogens is 360 g/mol. The zero-order valence-corrected chi connectivity index (χ0v) is 17.3. The third kappa shape index (κ3) is 6.13. The molecule has 0 aliphatic heterocycles. The molecule has 27 heavy (non-hydrogen) atoms. The van der Waals surface area contributed by atoms with Gasteiger partial charge in [-0.15, -0.1) is 0 Å². The molecule has 7 heteroatoms. The smallest absolute Gasteiger partial charge is 0.251 e. The Balaban J connectivity index is 1.98. The highest BCUT2D eigenvalue weighted by molar-refractivity contribution is 7.99. The highest BCUT2D eigenvalue weighted by Gasteiger charge is 2.10. The number of rotatable bonds is 9. The van der Waals surface area contributed by atoms with Crippen molar-refractivity contribution in [3.05, 3.63) is 45.9 Å². The predicted molar refractivity (Wildman–Crippen MR) is 113 cm³/mol. The first-order valence-electron chi connectivity index (χ1n) is 9.35. The summed E-state index contributed by atoms with van der Waals surface area (Å²) in [6, 6.07) is 7.45. The topological polar surface area (TPSA) is 78.1 Å². The van der Waals surface area contributed by atoms with Crippen molar-refractivity contribution in [1.29, 1.82) is 0 Å². The van der Waals surface area contributed by atoms with E-state index in [1.54, 1.807) is 0 Å². The van der Waals surface area contributed by atoms with Crippen molar-refractivity contribution in [3.8, 4) is 0 Å². The molecule has 0 saturated heterocycles. The van der Waals surface area contributed by atoms with Crippen molar-refractivity contribution in [2.24, 2.45) is 0 Å². The normalized spacial score (nSPS) is 10.7. The minimum Gasteiger partial charge on any atom is -0.372 e. The monoisotopic (exact) mass is 388 g/mol. The van der Waals surface area contributed by atoms with Gasteiger partial charge in [-0.2, -0.15) is 0 Å². The molecule has 1 aromatic carbocycles. The number of aromatic amines is 1. The maximum Gasteiger partial charge on any atom is 0.251 e. The minimum absolute atomic E-state index is 0.126. The molecule has 6 nitrogen and oxygen atoms in total. The summed E-state index contributed by atoms with van der Waals surface area (Å²) in [5.74, 6) is 0.0635. The molecule has 0 saturated carbocycles. The van der Waals surface area contributed by atoms with Crippen LogP contribution < -0.4 is 15.8 Å². The minimum atomic E-state index is -0.182. The van der Waals surface area contributed by atoms with Crippen LogP contribution in [0.2, 0.25) is 0 Å². The van der Waals surface area contributed by atoms with Crippen molar-refractivity contribution < 1.29 is 4.79 Å². The van der Waals surface area contributed by atoms with Crippen LogP contribution in [-0.2, 0) is 11.2 Å². The van der Waals surface area contributed by atoms with Gasteiger partial charge in [-0.3, -0.25) is 9.59 Å². The van der Waals surface area contributed by atoms with Crippen LogP contribution in [0, 0.1) is 6.92 Å². The van der Waals surface area contributed by atoms with Crippen LogP contribution in [-0.4, -0.2) is 34.7 Å². The zero-order valence-electron chi connectivity index (χ0n) is 16.5. The molecule has 1 heterocycles. The third-order valence-electron chi connectivity index (χ3n) is 4.20. The summed E-state index contributed by atoms with van der Waals surface area (Å²) in [5, 5.41) is 3.39. The van der Waals surface area contributed by atoms with E-state index in [0.29, 0.717) is 5.16 Å². The number of benzene rings is 1. The van der Waals surface area contributed by atoms with Gasteiger partial charge in [0.25, 0.3) is 5.56 Å². The van der Waals surface area contributed by atoms with E-state index in [4.69, 9.17) is 0 Å². The van der Waals surface area contributed by atoms with E-state index in [1.807, 2.05) is 32.0 Å². The molecule has 0 unspecified atom stereocenters. The lowest BCUT2D eigenvalue weighted by Crippen LogP contribution is -2.23. The fourth-order valence-corrected chi connectivity index (χ4v) is 3.61. The molecule has 0 aliphatic rings. The summed E-state index contributed by atoms with van der Waals surface area (Å²) >= 11 is 1.23. The Labute approximate surface area is 164 Å². The van der Waals surface area contributed by atoms with Crippen LogP contribution in [0.1, 0.15) is 38.4 Å². The number of H-pyrrole nitrogens is 1. The third-order valence-corrected chi connectivity index (χ3v) is 5.08. The van der Waals surface area contributed by atoms with Gasteiger partial charge in [-0.25, -0.2) is 4.98 Å². The Kier molecular flexibility index (Phi) is 7.91. The van der Waals surface area contributed by atoms with Gasteiger partial charge in [-0.1, -0.05) is 25.1 Å². The standard InChI is InChI=1S/C20H28N4O2S/c1-5-8-15-12-18(25)23-20(22-15)27-13-19(26)21-16-9-10-17(14(4)11-16)24(6-2)7-3/h9-12H,5-8,13H2,1-4H3,(H,21,26)(H,22,23,25). The molecule has 2 N–H and O–H groups in total. The van der Waals surface area contributed by atoms with E-state index in [2.05, 4.69) is 34.0 Å². The number of carbonyl (C=O) groups excluding carboxylic acids is 1. The lowest BCUT2D eigenvalue weighted by molar-refractivity contribution is -0.113. The highest BCUT2D eigenvalue weighted by Crippen LogP contribution is 2.23. The maximum absolute atomic E-state index is 12.3. The van der Waals surface area contributed by atoms with E-state index >= 15 is 0 Å². The number of nitrogens with zero attached hydrogens (tertiary/aromatic N) is 2. The number of nitrogens with one attached hydrogen (secondary N) is 2. The van der Waals surface area contributed by atoms with Crippen molar-refractivity contribution in [2.75, 3.05) is 29.1 Å². The largest absolute Gasteiger partial charge is 0.372 e. The molecule has 0 spiro atoms. The SMILES string of the molecule is CCCc1cc(=O)[nH]c(SCC(=O)Nc2ccc(N(CC)CC)c(C)c2)n1. The number of aromatic nitrogens is 2. The van der Waals surface area contributed by atoms with Gasteiger partial charge in [0.2, 0.25) is 5.91 Å². The molecule has 1 aromatic heterocycles. The average Bonchev–Trinajstić information content (AvgIpc) is 2.62. The summed E-state index contributed by atoms with van der Waals surface area (Å²) in [6.45, 7) is 10.2. The summed E-state index contributed by atoms with van der Waals surface area (Å²) in [4.78, 5) is 33.3. The van der Waals surface area contributed by atoms with Gasteiger partial charge >= 0.3 is 0 Å². The van der Waals surface area contributed by atoms with Gasteiger partial charge < -0.3 is 15.2 Å². The molecule has 2 aromatic rings. The Morgan fingerprint density at radius 2 is 1.96 bits per heavy atom. The fourth-order valence-electron chi connectivity index (χ4n) is 2.92. The fraction of sp³-hybridized carbons (Fsp3) is 0.450. The lowest BCUT2D eigenvalue weighted by atomic mass is 10.1. The predicted octanol–water partition coefficient (Wildman–Crippen LogP) is 3.61. The average molecular weight is 389 g/mol. The Bertz CT molecular complexity index is 831. The molecule has 146 valence electrons. The molecule has 0 fully saturated rings. The number of anilines is 2. The Morgan fingerprint density at radius 1 is 1.22 bits per heavy atom. The number of thioether (sulfide) groups is 1. The van der Waals surface area contributed by atoms with Crippen LogP contribution in [0.5, 0.6) is 0 Å². The van der Waals surface area contributed by atoms with Crippen molar-refractivity contribution in [1.82, 2.24) is 9.97 Å². The number of amides is 1. The van der Waals surface area contributed by atoms with Gasteiger partial charge in [0.1, 0.15) is 0 Å². The highest BCUT2D eigenvalue weighted by atomic mass is 32.2. The summed E-state index contributed by atoms with van der Waals surface area (Å²) < 4.78 is 0. The van der Waals surface area contributed by atoms with Crippen molar-refractivity contribution in [3.63, 3.8) is 0 Å². The van der Waals surface area contributed by atoms with Gasteiger partial charge in [0, 0.05) is 36.2 Å². The number of carbonyl (C=O) groups is 1. The molecule has 2 rings (SSSR count). The summed E-state index contributed by atoms with van der Waals surface area (Å²) in [7, 11) is 0. The lowest BCUT2D eigenvalue weighted by Gasteiger charge is -2.23. The number of hydrogen-bond acceptors (Lipinski definition) is 5. The van der Waals surface area contributed by atoms with Gasteiger partial charge in [0.15, 0.2) is 5.16 Å². The second kappa shape index (κ2) is 10.2. The molecule has 0 aliphatic carbocycles. The van der Waals surface area contributed by atoms with Crippen LogP contribution in [0.3, 0.4) is 0 Å². The molecular formula is C20H28N4O2S. The zero-order chi connectivity index (χ0) is 19.8. The first-order valence-corrected chi connectivity index (χ1v) is 10.3. The van der Waals surface area contributed by atoms with Crippen molar-refractivity contribution >= 4 is 29.0 Å². The van der Waals surface area contributed by atoms with Gasteiger partial charge in [-0.05, 0) is 51.0 Å². The summed E-state index contributed by atoms with van der Waals surface area (Å²) in [6.07, 6.45) is 1.67. The molecule has 0 bridgehead atoms. The molecule has 1 amide bonds. The first-order chi connectivity index (χ1) is 13.0. The maximum atomic E-state index is 12.3. The first kappa shape index (κ1) is 21.0. The van der Waals surface area contributed by atoms with E-state index < -0.39 is 0 Å². The molecule has 0 atom stereocenters. The van der Waals surface area contributed by atoms with Crippen molar-refractivity contribution in [2.45, 2.75) is 45.7 Å². The summed E-state index contributed by atoms with van der Waals surface area (Å²) in [5.41, 5.74) is 3.66. The van der Waals surface area contributed by atoms with E-state index in [9.17, 15) is 9.59 Å². The second-order valence-corrected chi connectivity index (χ2v) is 7.27. The number of hydrogen-bond donors (Lipinski definition) is 2.